The highest BCUT2D eigenvalue weighted by atomic mass is 35.5. The fourth-order valence-electron chi connectivity index (χ4n) is 3.94. The molecule has 36 heavy (non-hydrogen) atoms. The number of anilines is 3. The third kappa shape index (κ3) is 6.66. The lowest BCUT2D eigenvalue weighted by atomic mass is 10.1. The molecule has 1 aliphatic heterocycles. The summed E-state index contributed by atoms with van der Waals surface area (Å²) in [6.07, 6.45) is 0.648. The van der Waals surface area contributed by atoms with Crippen LogP contribution in [0, 0.1) is 0 Å². The van der Waals surface area contributed by atoms with Crippen LogP contribution in [-0.4, -0.2) is 30.7 Å². The lowest BCUT2D eigenvalue weighted by Gasteiger charge is -2.27. The Bertz CT molecular complexity index is 1240. The van der Waals surface area contributed by atoms with Gasteiger partial charge in [0.05, 0.1) is 11.4 Å². The van der Waals surface area contributed by atoms with Crippen LogP contribution in [0.15, 0.2) is 71.6 Å². The van der Waals surface area contributed by atoms with Crippen molar-refractivity contribution >= 4 is 64.2 Å². The molecule has 0 fully saturated rings. The molecule has 1 N–H and O–H groups in total. The van der Waals surface area contributed by atoms with E-state index >= 15 is 0 Å². The lowest BCUT2D eigenvalue weighted by molar-refractivity contribution is -0.152. The number of nitrogens with one attached hydrogen (secondary N) is 1. The van der Waals surface area contributed by atoms with Gasteiger partial charge in [-0.05, 0) is 81.6 Å². The first-order chi connectivity index (χ1) is 17.1. The van der Waals surface area contributed by atoms with E-state index in [2.05, 4.69) is 5.32 Å². The number of amides is 2. The Labute approximate surface area is 225 Å². The summed E-state index contributed by atoms with van der Waals surface area (Å²) in [5.74, 6) is -0.364. The fourth-order valence-corrected chi connectivity index (χ4v) is 5.65. The van der Waals surface area contributed by atoms with Crippen molar-refractivity contribution in [2.75, 3.05) is 27.6 Å². The van der Waals surface area contributed by atoms with E-state index in [0.717, 1.165) is 27.5 Å². The van der Waals surface area contributed by atoms with Crippen LogP contribution >= 0.6 is 35.1 Å². The zero-order valence-corrected chi connectivity index (χ0v) is 22.6. The number of nitrogens with zero attached hydrogens (tertiary/aromatic N) is 2. The number of hydrogen-bond acceptors (Lipinski definition) is 5. The molecule has 0 atom stereocenters. The number of carbonyl (C=O) groups is 2. The molecular weight excluding hydrogens is 517 g/mol. The third-order valence-corrected chi connectivity index (χ3v) is 6.72. The minimum absolute atomic E-state index is 0.00126. The number of benzene rings is 3. The number of halogens is 2. The number of ether oxygens (including phenoxy) is 1. The Kier molecular flexibility index (Phi) is 8.03. The van der Waals surface area contributed by atoms with Crippen molar-refractivity contribution in [1.82, 2.24) is 0 Å². The Morgan fingerprint density at radius 1 is 1.03 bits per heavy atom. The van der Waals surface area contributed by atoms with E-state index < -0.39 is 5.60 Å². The Morgan fingerprint density at radius 2 is 1.72 bits per heavy atom. The molecule has 0 radical (unpaired) electrons. The van der Waals surface area contributed by atoms with Crippen LogP contribution in [0.1, 0.15) is 26.3 Å². The molecule has 9 heteroatoms. The Balaban J connectivity index is 1.64. The molecule has 0 bridgehead atoms. The van der Waals surface area contributed by atoms with Crippen LogP contribution in [-0.2, 0) is 16.0 Å². The van der Waals surface area contributed by atoms with Gasteiger partial charge in [-0.15, -0.1) is 0 Å². The summed E-state index contributed by atoms with van der Waals surface area (Å²) in [7, 11) is 0. The number of carbonyl (C=O) groups excluding carboxylic acids is 2. The first-order valence-electron chi connectivity index (χ1n) is 11.5. The maximum Gasteiger partial charge on any atom is 0.327 e. The molecule has 4 rings (SSSR count). The Hall–Kier alpha value is -2.87. The second-order valence-electron chi connectivity index (χ2n) is 9.29. The van der Waals surface area contributed by atoms with Gasteiger partial charge in [0.15, 0.2) is 0 Å². The standard InChI is InChI=1S/C27H27Cl2N3O3S/c1-27(2,3)35-25(33)17-32(36-21-15-18(28)14-19(29)16-21)24-11-7-10-23-22(24)12-13-31(23)26(34)30-20-8-5-4-6-9-20/h4-11,14-16H,12-13,17H2,1-3H3,(H,30,34). The van der Waals surface area contributed by atoms with Gasteiger partial charge < -0.3 is 14.4 Å². The van der Waals surface area contributed by atoms with Crippen molar-refractivity contribution in [2.45, 2.75) is 37.7 Å². The summed E-state index contributed by atoms with van der Waals surface area (Å²) in [5, 5.41) is 3.96. The molecule has 0 saturated heterocycles. The number of para-hydroxylation sites is 1. The average Bonchev–Trinajstić information content (AvgIpc) is 3.22. The fraction of sp³-hybridized carbons (Fsp3) is 0.259. The van der Waals surface area contributed by atoms with Gasteiger partial charge in [0, 0.05) is 32.7 Å². The molecule has 6 nitrogen and oxygen atoms in total. The topological polar surface area (TPSA) is 61.9 Å². The summed E-state index contributed by atoms with van der Waals surface area (Å²) >= 11 is 13.8. The molecule has 0 unspecified atom stereocenters. The second-order valence-corrected chi connectivity index (χ2v) is 11.3. The molecule has 1 heterocycles. The predicted molar refractivity (Wildman–Crippen MR) is 148 cm³/mol. The van der Waals surface area contributed by atoms with E-state index in [0.29, 0.717) is 23.0 Å². The summed E-state index contributed by atoms with van der Waals surface area (Å²) < 4.78 is 7.47. The normalized spacial score (nSPS) is 12.8. The molecule has 1 aliphatic rings. The summed E-state index contributed by atoms with van der Waals surface area (Å²) in [6.45, 7) is 6.03. The maximum absolute atomic E-state index is 13.1. The van der Waals surface area contributed by atoms with E-state index in [1.165, 1.54) is 11.9 Å². The molecular formula is C27H27Cl2N3O3S. The van der Waals surface area contributed by atoms with Gasteiger partial charge in [-0.25, -0.2) is 4.79 Å². The molecule has 0 aliphatic carbocycles. The Morgan fingerprint density at radius 3 is 2.39 bits per heavy atom. The van der Waals surface area contributed by atoms with Gasteiger partial charge in [0.2, 0.25) is 0 Å². The van der Waals surface area contributed by atoms with E-state index in [9.17, 15) is 9.59 Å². The van der Waals surface area contributed by atoms with Crippen molar-refractivity contribution in [3.05, 3.63) is 82.3 Å². The lowest BCUT2D eigenvalue weighted by Crippen LogP contribution is -2.33. The minimum atomic E-state index is -0.613. The summed E-state index contributed by atoms with van der Waals surface area (Å²) in [6, 6.07) is 20.1. The van der Waals surface area contributed by atoms with Crippen molar-refractivity contribution in [1.29, 1.82) is 0 Å². The smallest absolute Gasteiger partial charge is 0.327 e. The van der Waals surface area contributed by atoms with E-state index in [4.69, 9.17) is 27.9 Å². The zero-order chi connectivity index (χ0) is 25.9. The van der Waals surface area contributed by atoms with Gasteiger partial charge in [0.1, 0.15) is 12.1 Å². The van der Waals surface area contributed by atoms with Gasteiger partial charge in [-0.2, -0.15) is 0 Å². The van der Waals surface area contributed by atoms with Crippen LogP contribution in [0.2, 0.25) is 10.0 Å². The second kappa shape index (κ2) is 11.0. The number of rotatable bonds is 6. The summed E-state index contributed by atoms with van der Waals surface area (Å²) in [5.41, 5.74) is 2.73. The van der Waals surface area contributed by atoms with E-state index in [1.807, 2.05) is 73.6 Å². The average molecular weight is 545 g/mol. The van der Waals surface area contributed by atoms with Crippen LogP contribution in [0.3, 0.4) is 0 Å². The van der Waals surface area contributed by atoms with Gasteiger partial charge in [0.25, 0.3) is 0 Å². The first-order valence-corrected chi connectivity index (χ1v) is 13.0. The molecule has 0 aromatic heterocycles. The van der Waals surface area contributed by atoms with Crippen LogP contribution < -0.4 is 14.5 Å². The molecule has 2 amide bonds. The highest BCUT2D eigenvalue weighted by molar-refractivity contribution is 8.00. The van der Waals surface area contributed by atoms with Gasteiger partial charge >= 0.3 is 12.0 Å². The van der Waals surface area contributed by atoms with Crippen molar-refractivity contribution < 1.29 is 14.3 Å². The zero-order valence-electron chi connectivity index (χ0n) is 20.3. The van der Waals surface area contributed by atoms with Gasteiger partial charge in [-0.3, -0.25) is 9.69 Å². The molecule has 3 aromatic carbocycles. The highest BCUT2D eigenvalue weighted by Crippen LogP contribution is 2.40. The molecule has 188 valence electrons. The van der Waals surface area contributed by atoms with Crippen molar-refractivity contribution in [3.8, 4) is 0 Å². The van der Waals surface area contributed by atoms with Crippen LogP contribution in [0.5, 0.6) is 0 Å². The van der Waals surface area contributed by atoms with E-state index in [-0.39, 0.29) is 18.5 Å². The largest absolute Gasteiger partial charge is 0.459 e. The molecule has 0 spiro atoms. The quantitative estimate of drug-likeness (QED) is 0.258. The maximum atomic E-state index is 13.1. The van der Waals surface area contributed by atoms with Crippen LogP contribution in [0.4, 0.5) is 21.9 Å². The van der Waals surface area contributed by atoms with Gasteiger partial charge in [-0.1, -0.05) is 47.5 Å². The highest BCUT2D eigenvalue weighted by Gasteiger charge is 2.30. The van der Waals surface area contributed by atoms with Crippen LogP contribution in [0.25, 0.3) is 0 Å². The van der Waals surface area contributed by atoms with Crippen molar-refractivity contribution in [3.63, 3.8) is 0 Å². The number of fused-ring (bicyclic) bond motifs is 1. The SMILES string of the molecule is CC(C)(C)OC(=O)CN(Sc1cc(Cl)cc(Cl)c1)c1cccc2c1CCN2C(=O)Nc1ccccc1. The third-order valence-electron chi connectivity index (χ3n) is 5.29. The molecule has 3 aromatic rings. The predicted octanol–water partition coefficient (Wildman–Crippen LogP) is 7.44. The van der Waals surface area contributed by atoms with E-state index in [1.54, 1.807) is 23.1 Å². The number of esters is 1. The summed E-state index contributed by atoms with van der Waals surface area (Å²) in [4.78, 5) is 28.4. The van der Waals surface area contributed by atoms with Crippen molar-refractivity contribution in [2.24, 2.45) is 0 Å². The minimum Gasteiger partial charge on any atom is -0.459 e. The first kappa shape index (κ1) is 26.2. The monoisotopic (exact) mass is 543 g/mol. The molecule has 0 saturated carbocycles. The number of urea groups is 1. The number of hydrogen-bond donors (Lipinski definition) is 1.